The average Bonchev–Trinajstić information content (AvgIpc) is 2.74. The minimum absolute atomic E-state index is 0.129. The van der Waals surface area contributed by atoms with Crippen LogP contribution in [-0.4, -0.2) is 45.1 Å². The first kappa shape index (κ1) is 21.9. The topological polar surface area (TPSA) is 84.9 Å². The SMILES string of the molecule is COC(=O)c1ccc(N(CCC(=O)NCCc2ccc(OC)cc2)C(C)=O)cc1. The summed E-state index contributed by atoms with van der Waals surface area (Å²) in [5.74, 6) is 0.0432. The van der Waals surface area contributed by atoms with E-state index in [-0.39, 0.29) is 24.8 Å². The molecule has 2 aromatic rings. The molecule has 0 spiro atoms. The summed E-state index contributed by atoms with van der Waals surface area (Å²) in [5, 5.41) is 2.87. The predicted octanol–water partition coefficient (Wildman–Crippen LogP) is 2.58. The summed E-state index contributed by atoms with van der Waals surface area (Å²) in [6, 6.07) is 14.2. The van der Waals surface area contributed by atoms with Crippen molar-refractivity contribution in [2.75, 3.05) is 32.2 Å². The van der Waals surface area contributed by atoms with Crippen molar-refractivity contribution >= 4 is 23.5 Å². The Morgan fingerprint density at radius 2 is 1.62 bits per heavy atom. The normalized spacial score (nSPS) is 10.2. The van der Waals surface area contributed by atoms with Gasteiger partial charge in [0, 0.05) is 32.1 Å². The second kappa shape index (κ2) is 10.8. The summed E-state index contributed by atoms with van der Waals surface area (Å²) in [4.78, 5) is 37.1. The zero-order valence-corrected chi connectivity index (χ0v) is 16.9. The third kappa shape index (κ3) is 6.64. The highest BCUT2D eigenvalue weighted by Crippen LogP contribution is 2.17. The molecule has 0 saturated heterocycles. The van der Waals surface area contributed by atoms with Gasteiger partial charge in [-0.05, 0) is 48.4 Å². The molecule has 0 aromatic heterocycles. The number of methoxy groups -OCH3 is 2. The Morgan fingerprint density at radius 3 is 2.17 bits per heavy atom. The smallest absolute Gasteiger partial charge is 0.337 e. The van der Waals surface area contributed by atoms with Crippen LogP contribution in [0.3, 0.4) is 0 Å². The molecule has 0 unspecified atom stereocenters. The molecule has 0 aliphatic carbocycles. The minimum atomic E-state index is -0.442. The van der Waals surface area contributed by atoms with Gasteiger partial charge in [-0.1, -0.05) is 12.1 Å². The van der Waals surface area contributed by atoms with Crippen molar-refractivity contribution in [2.45, 2.75) is 19.8 Å². The Hall–Kier alpha value is -3.35. The molecule has 154 valence electrons. The number of hydrogen-bond acceptors (Lipinski definition) is 5. The maximum Gasteiger partial charge on any atom is 0.337 e. The van der Waals surface area contributed by atoms with Crippen LogP contribution in [0, 0.1) is 0 Å². The highest BCUT2D eigenvalue weighted by atomic mass is 16.5. The van der Waals surface area contributed by atoms with E-state index in [9.17, 15) is 14.4 Å². The monoisotopic (exact) mass is 398 g/mol. The summed E-state index contributed by atoms with van der Waals surface area (Å²) in [5.41, 5.74) is 2.12. The molecule has 1 N–H and O–H groups in total. The van der Waals surface area contributed by atoms with Gasteiger partial charge in [0.25, 0.3) is 0 Å². The van der Waals surface area contributed by atoms with Gasteiger partial charge in [0.05, 0.1) is 19.8 Å². The lowest BCUT2D eigenvalue weighted by Crippen LogP contribution is -2.34. The summed E-state index contributed by atoms with van der Waals surface area (Å²) in [6.07, 6.45) is 0.891. The second-order valence-corrected chi connectivity index (χ2v) is 6.41. The predicted molar refractivity (Wildman–Crippen MR) is 110 cm³/mol. The summed E-state index contributed by atoms with van der Waals surface area (Å²) in [7, 11) is 2.93. The summed E-state index contributed by atoms with van der Waals surface area (Å²) < 4.78 is 9.79. The average molecular weight is 398 g/mol. The number of nitrogens with one attached hydrogen (secondary N) is 1. The molecule has 7 nitrogen and oxygen atoms in total. The van der Waals surface area contributed by atoms with Crippen LogP contribution < -0.4 is 15.0 Å². The van der Waals surface area contributed by atoms with Crippen LogP contribution in [-0.2, 0) is 20.7 Å². The molecule has 0 aliphatic rings. The quantitative estimate of drug-likeness (QED) is 0.657. The third-order valence-corrected chi connectivity index (χ3v) is 4.44. The van der Waals surface area contributed by atoms with Gasteiger partial charge in [-0.15, -0.1) is 0 Å². The highest BCUT2D eigenvalue weighted by molar-refractivity contribution is 5.94. The van der Waals surface area contributed by atoms with Crippen LogP contribution >= 0.6 is 0 Å². The van der Waals surface area contributed by atoms with Crippen molar-refractivity contribution in [3.05, 3.63) is 59.7 Å². The van der Waals surface area contributed by atoms with E-state index >= 15 is 0 Å². The van der Waals surface area contributed by atoms with Gasteiger partial charge in [-0.2, -0.15) is 0 Å². The Labute approximate surface area is 170 Å². The number of carbonyl (C=O) groups excluding carboxylic acids is 3. The van der Waals surface area contributed by atoms with Crippen LogP contribution in [0.5, 0.6) is 5.75 Å². The highest BCUT2D eigenvalue weighted by Gasteiger charge is 2.14. The van der Waals surface area contributed by atoms with Gasteiger partial charge in [0.15, 0.2) is 0 Å². The molecule has 0 saturated carbocycles. The Balaban J connectivity index is 1.83. The zero-order chi connectivity index (χ0) is 21.2. The number of rotatable bonds is 9. The lowest BCUT2D eigenvalue weighted by Gasteiger charge is -2.21. The number of benzene rings is 2. The number of carbonyl (C=O) groups is 3. The lowest BCUT2D eigenvalue weighted by molar-refractivity contribution is -0.121. The van der Waals surface area contributed by atoms with Crippen molar-refractivity contribution in [3.63, 3.8) is 0 Å². The van der Waals surface area contributed by atoms with Crippen LogP contribution in [0.2, 0.25) is 0 Å². The number of esters is 1. The molecular weight excluding hydrogens is 372 g/mol. The first-order chi connectivity index (χ1) is 13.9. The molecule has 0 bridgehead atoms. The van der Waals surface area contributed by atoms with E-state index in [4.69, 9.17) is 4.74 Å². The third-order valence-electron chi connectivity index (χ3n) is 4.44. The lowest BCUT2D eigenvalue weighted by atomic mass is 10.1. The summed E-state index contributed by atoms with van der Waals surface area (Å²) >= 11 is 0. The number of hydrogen-bond donors (Lipinski definition) is 1. The van der Waals surface area contributed by atoms with Crippen LogP contribution in [0.1, 0.15) is 29.3 Å². The number of nitrogens with zero attached hydrogens (tertiary/aromatic N) is 1. The van der Waals surface area contributed by atoms with Gasteiger partial charge in [0.1, 0.15) is 5.75 Å². The van der Waals surface area contributed by atoms with Gasteiger partial charge in [-0.3, -0.25) is 9.59 Å². The van der Waals surface area contributed by atoms with E-state index in [1.807, 2.05) is 24.3 Å². The van der Waals surface area contributed by atoms with Gasteiger partial charge in [-0.25, -0.2) is 4.79 Å². The van der Waals surface area contributed by atoms with Gasteiger partial charge < -0.3 is 19.7 Å². The molecule has 0 atom stereocenters. The molecule has 0 fully saturated rings. The molecule has 7 heteroatoms. The van der Waals surface area contributed by atoms with E-state index in [1.54, 1.807) is 31.4 Å². The molecule has 2 amide bonds. The van der Waals surface area contributed by atoms with Crippen molar-refractivity contribution in [3.8, 4) is 5.75 Å². The van der Waals surface area contributed by atoms with Crippen LogP contribution in [0.4, 0.5) is 5.69 Å². The van der Waals surface area contributed by atoms with E-state index in [0.717, 1.165) is 11.3 Å². The minimum Gasteiger partial charge on any atom is -0.497 e. The number of anilines is 1. The number of ether oxygens (including phenoxy) is 2. The van der Waals surface area contributed by atoms with E-state index in [1.165, 1.54) is 18.9 Å². The largest absolute Gasteiger partial charge is 0.497 e. The molecule has 0 heterocycles. The van der Waals surface area contributed by atoms with Crippen molar-refractivity contribution in [2.24, 2.45) is 0 Å². The first-order valence-electron chi connectivity index (χ1n) is 9.30. The van der Waals surface area contributed by atoms with E-state index in [0.29, 0.717) is 24.2 Å². The fraction of sp³-hybridized carbons (Fsp3) is 0.318. The molecule has 2 aromatic carbocycles. The maximum absolute atomic E-state index is 12.1. The molecule has 0 radical (unpaired) electrons. The van der Waals surface area contributed by atoms with Crippen LogP contribution in [0.15, 0.2) is 48.5 Å². The van der Waals surface area contributed by atoms with Gasteiger partial charge in [0.2, 0.25) is 11.8 Å². The molecular formula is C22H26N2O5. The maximum atomic E-state index is 12.1. The van der Waals surface area contributed by atoms with Crippen molar-refractivity contribution < 1.29 is 23.9 Å². The Bertz CT molecular complexity index is 831. The fourth-order valence-corrected chi connectivity index (χ4v) is 2.80. The van der Waals surface area contributed by atoms with E-state index in [2.05, 4.69) is 10.1 Å². The summed E-state index contributed by atoms with van der Waals surface area (Å²) in [6.45, 7) is 2.20. The molecule has 2 rings (SSSR count). The van der Waals surface area contributed by atoms with E-state index < -0.39 is 5.97 Å². The van der Waals surface area contributed by atoms with Gasteiger partial charge >= 0.3 is 5.97 Å². The van der Waals surface area contributed by atoms with Crippen molar-refractivity contribution in [1.82, 2.24) is 5.32 Å². The number of amides is 2. The Morgan fingerprint density at radius 1 is 0.966 bits per heavy atom. The second-order valence-electron chi connectivity index (χ2n) is 6.41. The molecule has 0 aliphatic heterocycles. The van der Waals surface area contributed by atoms with Crippen LogP contribution in [0.25, 0.3) is 0 Å². The standard InChI is InChI=1S/C22H26N2O5/c1-16(25)24(19-8-6-18(7-9-19)22(27)29-3)15-13-21(26)23-14-12-17-4-10-20(28-2)11-5-17/h4-11H,12-15H2,1-3H3,(H,23,26). The van der Waals surface area contributed by atoms with Crippen molar-refractivity contribution in [1.29, 1.82) is 0 Å². The Kier molecular flexibility index (Phi) is 8.21. The first-order valence-corrected chi connectivity index (χ1v) is 9.30. The zero-order valence-electron chi connectivity index (χ0n) is 16.9. The molecule has 29 heavy (non-hydrogen) atoms. The fourth-order valence-electron chi connectivity index (χ4n) is 2.80.